The molecular weight excluding hydrogens is 369 g/mol. The number of aryl methyl sites for hydroxylation is 1. The van der Waals surface area contributed by atoms with Gasteiger partial charge in [0.15, 0.2) is 0 Å². The van der Waals surface area contributed by atoms with E-state index in [1.165, 1.54) is 11.0 Å². The van der Waals surface area contributed by atoms with E-state index in [0.717, 1.165) is 5.56 Å². The van der Waals surface area contributed by atoms with E-state index in [1.807, 2.05) is 19.1 Å². The second-order valence-corrected chi connectivity index (χ2v) is 8.41. The molecule has 1 atom stereocenters. The quantitative estimate of drug-likeness (QED) is 0.531. The monoisotopic (exact) mass is 386 g/mol. The number of halogens is 4. The van der Waals surface area contributed by atoms with Gasteiger partial charge >= 0.3 is 121 Å². The van der Waals surface area contributed by atoms with Crippen molar-refractivity contribution in [3.8, 4) is 0 Å². The molecule has 0 aliphatic rings. The van der Waals surface area contributed by atoms with Crippen molar-refractivity contribution in [3.05, 3.63) is 42.5 Å². The molecule has 18 heavy (non-hydrogen) atoms. The molecule has 1 aromatic carbocycles. The first-order chi connectivity index (χ1) is 8.34. The number of allylic oxidation sites excluding steroid dienone is 1. The number of hydrogen-bond donors (Lipinski definition) is 0. The summed E-state index contributed by atoms with van der Waals surface area (Å²) in [4.78, 5) is 0. The molecule has 0 saturated carbocycles. The molecule has 4 heteroatoms. The van der Waals surface area contributed by atoms with E-state index in [-0.39, 0.29) is 6.42 Å². The molecule has 0 nitrogen and oxygen atoms in total. The van der Waals surface area contributed by atoms with Crippen LogP contribution in [0.25, 0.3) is 0 Å². The Balaban J connectivity index is 2.73. The molecule has 0 spiro atoms. The Morgan fingerprint density at radius 3 is 2.44 bits per heavy atom. The normalized spacial score (nSPS) is 16.3. The zero-order valence-electron chi connectivity index (χ0n) is 10.8. The SMILES string of the molecule is CCC(C)(F)C/C(Cl)=C\I(F)c1ccc(C)cc1. The Hall–Kier alpha value is -0.160. The summed E-state index contributed by atoms with van der Waals surface area (Å²) < 4.78 is 29.9. The van der Waals surface area contributed by atoms with Crippen LogP contribution in [0.3, 0.4) is 0 Å². The molecule has 0 aromatic heterocycles. The van der Waals surface area contributed by atoms with Crippen LogP contribution in [0, 0.1) is 10.5 Å². The molecule has 1 rings (SSSR count). The molecule has 0 aliphatic carbocycles. The molecule has 0 N–H and O–H groups in total. The third-order valence-corrected chi connectivity index (χ3v) is 6.53. The van der Waals surface area contributed by atoms with E-state index in [4.69, 9.17) is 11.6 Å². The second-order valence-electron chi connectivity index (χ2n) is 4.56. The first-order valence-electron chi connectivity index (χ1n) is 5.81. The molecule has 0 heterocycles. The van der Waals surface area contributed by atoms with Crippen LogP contribution in [0.2, 0.25) is 0 Å². The molecule has 102 valence electrons. The summed E-state index contributed by atoms with van der Waals surface area (Å²) in [6.45, 7) is 5.21. The second kappa shape index (κ2) is 6.85. The predicted octanol–water partition coefficient (Wildman–Crippen LogP) is 6.16. The van der Waals surface area contributed by atoms with Crippen molar-refractivity contribution in [2.24, 2.45) is 0 Å². The van der Waals surface area contributed by atoms with Gasteiger partial charge in [0, 0.05) is 0 Å². The van der Waals surface area contributed by atoms with Gasteiger partial charge in [-0.25, -0.2) is 0 Å². The summed E-state index contributed by atoms with van der Waals surface area (Å²) in [5.74, 6) is 0. The van der Waals surface area contributed by atoms with Crippen LogP contribution in [0.5, 0.6) is 0 Å². The van der Waals surface area contributed by atoms with Crippen LogP contribution in [0.4, 0.5) is 7.25 Å². The van der Waals surface area contributed by atoms with Gasteiger partial charge in [0.25, 0.3) is 0 Å². The Labute approximate surface area is 121 Å². The number of benzene rings is 1. The first-order valence-corrected chi connectivity index (χ1v) is 9.32. The van der Waals surface area contributed by atoms with Gasteiger partial charge in [-0.05, 0) is 0 Å². The Kier molecular flexibility index (Phi) is 6.05. The topological polar surface area (TPSA) is 0 Å². The minimum atomic E-state index is -2.88. The standard InChI is InChI=1S/C14H18ClF2I/c1-4-14(3,16)9-12(15)10-18(17)13-7-5-11(2)6-8-13/h5-8,10H,4,9H2,1-3H3/b12-10+. The zero-order chi connectivity index (χ0) is 13.8. The summed E-state index contributed by atoms with van der Waals surface area (Å²) in [6, 6.07) is 7.34. The maximum absolute atomic E-state index is 14.1. The van der Waals surface area contributed by atoms with Gasteiger partial charge in [-0.1, -0.05) is 0 Å². The molecule has 0 fully saturated rings. The van der Waals surface area contributed by atoms with Gasteiger partial charge in [-0.15, -0.1) is 0 Å². The molecule has 0 bridgehead atoms. The number of hydrogen-bond acceptors (Lipinski definition) is 0. The van der Waals surface area contributed by atoms with Gasteiger partial charge < -0.3 is 0 Å². The molecule has 1 unspecified atom stereocenters. The van der Waals surface area contributed by atoms with E-state index in [0.29, 0.717) is 15.0 Å². The fourth-order valence-corrected chi connectivity index (χ4v) is 4.32. The summed E-state index contributed by atoms with van der Waals surface area (Å²) in [5, 5.41) is 0.301. The molecule has 0 radical (unpaired) electrons. The van der Waals surface area contributed by atoms with Crippen molar-refractivity contribution in [3.63, 3.8) is 0 Å². The van der Waals surface area contributed by atoms with Gasteiger partial charge in [-0.3, -0.25) is 0 Å². The van der Waals surface area contributed by atoms with Crippen LogP contribution >= 0.6 is 32.0 Å². The number of alkyl halides is 1. The van der Waals surface area contributed by atoms with Crippen molar-refractivity contribution < 1.29 is 7.25 Å². The van der Waals surface area contributed by atoms with Crippen LogP contribution in [-0.4, -0.2) is 5.67 Å². The Bertz CT molecular complexity index is 412. The van der Waals surface area contributed by atoms with Crippen molar-refractivity contribution in [2.75, 3.05) is 0 Å². The van der Waals surface area contributed by atoms with E-state index in [1.54, 1.807) is 19.1 Å². The molecule has 0 amide bonds. The van der Waals surface area contributed by atoms with E-state index >= 15 is 0 Å². The van der Waals surface area contributed by atoms with E-state index in [2.05, 4.69) is 0 Å². The Morgan fingerprint density at radius 2 is 1.94 bits per heavy atom. The number of rotatable bonds is 5. The predicted molar refractivity (Wildman–Crippen MR) is 83.4 cm³/mol. The van der Waals surface area contributed by atoms with Gasteiger partial charge in [0.1, 0.15) is 0 Å². The van der Waals surface area contributed by atoms with Gasteiger partial charge in [0.05, 0.1) is 0 Å². The fourth-order valence-electron chi connectivity index (χ4n) is 1.34. The average molecular weight is 387 g/mol. The summed E-state index contributed by atoms with van der Waals surface area (Å²) in [6.07, 6.45) is 0.469. The molecule has 0 saturated heterocycles. The van der Waals surface area contributed by atoms with Crippen LogP contribution in [-0.2, 0) is 0 Å². The summed E-state index contributed by atoms with van der Waals surface area (Å²) in [5.41, 5.74) is -0.252. The maximum atomic E-state index is 14.1. The van der Waals surface area contributed by atoms with E-state index in [9.17, 15) is 7.25 Å². The molecular formula is C14H18ClF2I. The van der Waals surface area contributed by atoms with Crippen molar-refractivity contribution in [1.82, 2.24) is 0 Å². The van der Waals surface area contributed by atoms with Crippen LogP contribution in [0.15, 0.2) is 33.4 Å². The fraction of sp³-hybridized carbons (Fsp3) is 0.429. The third-order valence-electron chi connectivity index (χ3n) is 2.71. The summed E-state index contributed by atoms with van der Waals surface area (Å²) in [7, 11) is 0. The van der Waals surface area contributed by atoms with Crippen LogP contribution in [0.1, 0.15) is 32.3 Å². The summed E-state index contributed by atoms with van der Waals surface area (Å²) >= 11 is 3.06. The minimum absolute atomic E-state index is 0.0921. The molecule has 1 aromatic rings. The van der Waals surface area contributed by atoms with Crippen molar-refractivity contribution >= 4 is 32.0 Å². The van der Waals surface area contributed by atoms with Crippen LogP contribution < -0.4 is 0 Å². The zero-order valence-corrected chi connectivity index (χ0v) is 13.7. The average Bonchev–Trinajstić information content (AvgIpc) is 2.29. The van der Waals surface area contributed by atoms with Gasteiger partial charge in [0.2, 0.25) is 0 Å². The third kappa shape index (κ3) is 5.22. The van der Waals surface area contributed by atoms with Gasteiger partial charge in [-0.2, -0.15) is 0 Å². The van der Waals surface area contributed by atoms with Crippen molar-refractivity contribution in [1.29, 1.82) is 0 Å². The molecule has 0 aliphatic heterocycles. The van der Waals surface area contributed by atoms with Crippen molar-refractivity contribution in [2.45, 2.75) is 39.3 Å². The first kappa shape index (κ1) is 15.9. The van der Waals surface area contributed by atoms with E-state index < -0.39 is 26.1 Å². The Morgan fingerprint density at radius 1 is 1.39 bits per heavy atom.